The SMILES string of the molecule is O=C(N[C@@]1(CO)CCN(c2nccn3cccc23)C1c1ccc(F)cc1)c1ccn[nH]1. The lowest BCUT2D eigenvalue weighted by Gasteiger charge is -2.38. The maximum Gasteiger partial charge on any atom is 0.269 e. The zero-order valence-electron chi connectivity index (χ0n) is 16.6. The second-order valence-electron chi connectivity index (χ2n) is 7.69. The van der Waals surface area contributed by atoms with Crippen molar-refractivity contribution in [2.24, 2.45) is 0 Å². The number of fused-ring (bicyclic) bond motifs is 1. The Bertz CT molecular complexity index is 1210. The fourth-order valence-corrected chi connectivity index (χ4v) is 4.44. The number of aliphatic hydroxyl groups is 1. The largest absolute Gasteiger partial charge is 0.394 e. The van der Waals surface area contributed by atoms with Gasteiger partial charge in [-0.25, -0.2) is 9.37 Å². The molecule has 4 aromatic rings. The predicted octanol–water partition coefficient (Wildman–Crippen LogP) is 2.31. The highest BCUT2D eigenvalue weighted by molar-refractivity contribution is 5.93. The standard InChI is InChI=1S/C22H21FN6O2/c23-16-5-3-15(4-6-16)19-22(14-30,26-21(31)17-7-9-25-27-17)8-12-29(19)20-18-2-1-11-28(18)13-10-24-20/h1-7,9-11,13,19,30H,8,12,14H2,(H,25,27)(H,26,31)/t19?,22-/m1/s1. The van der Waals surface area contributed by atoms with Crippen LogP contribution in [0.3, 0.4) is 0 Å². The average Bonchev–Trinajstić information content (AvgIpc) is 3.54. The van der Waals surface area contributed by atoms with Crippen LogP contribution in [0.2, 0.25) is 0 Å². The van der Waals surface area contributed by atoms with E-state index in [4.69, 9.17) is 0 Å². The Morgan fingerprint density at radius 3 is 2.81 bits per heavy atom. The molecular weight excluding hydrogens is 399 g/mol. The Morgan fingerprint density at radius 2 is 2.06 bits per heavy atom. The summed E-state index contributed by atoms with van der Waals surface area (Å²) in [5, 5.41) is 20.0. The molecule has 1 fully saturated rings. The average molecular weight is 420 g/mol. The third-order valence-corrected chi connectivity index (χ3v) is 5.91. The number of nitrogens with zero attached hydrogens (tertiary/aromatic N) is 4. The van der Waals surface area contributed by atoms with Crippen molar-refractivity contribution in [2.45, 2.75) is 18.0 Å². The van der Waals surface area contributed by atoms with Crippen molar-refractivity contribution >= 4 is 17.2 Å². The van der Waals surface area contributed by atoms with Crippen molar-refractivity contribution in [1.82, 2.24) is 24.9 Å². The fraction of sp³-hybridized carbons (Fsp3) is 0.227. The Morgan fingerprint density at radius 1 is 1.23 bits per heavy atom. The number of halogens is 1. The summed E-state index contributed by atoms with van der Waals surface area (Å²) in [6.07, 6.45) is 7.49. The summed E-state index contributed by atoms with van der Waals surface area (Å²) in [7, 11) is 0. The second kappa shape index (κ2) is 7.51. The van der Waals surface area contributed by atoms with E-state index in [0.29, 0.717) is 18.7 Å². The van der Waals surface area contributed by atoms with E-state index >= 15 is 0 Å². The van der Waals surface area contributed by atoms with Gasteiger partial charge in [0, 0.05) is 31.3 Å². The van der Waals surface area contributed by atoms with Gasteiger partial charge in [-0.1, -0.05) is 12.1 Å². The smallest absolute Gasteiger partial charge is 0.269 e. The molecule has 5 rings (SSSR count). The summed E-state index contributed by atoms with van der Waals surface area (Å²) >= 11 is 0. The van der Waals surface area contributed by atoms with Gasteiger partial charge < -0.3 is 19.7 Å². The molecular formula is C22H21FN6O2. The van der Waals surface area contributed by atoms with Gasteiger partial charge in [0.25, 0.3) is 5.91 Å². The molecule has 0 spiro atoms. The van der Waals surface area contributed by atoms with Crippen molar-refractivity contribution < 1.29 is 14.3 Å². The lowest BCUT2D eigenvalue weighted by molar-refractivity contribution is 0.0811. The molecule has 0 aliphatic carbocycles. The lowest BCUT2D eigenvalue weighted by Crippen LogP contribution is -2.55. The maximum absolute atomic E-state index is 13.7. The van der Waals surface area contributed by atoms with E-state index in [1.807, 2.05) is 28.9 Å². The van der Waals surface area contributed by atoms with E-state index in [1.165, 1.54) is 18.3 Å². The summed E-state index contributed by atoms with van der Waals surface area (Å²) in [5.41, 5.74) is 0.980. The number of rotatable bonds is 5. The van der Waals surface area contributed by atoms with Gasteiger partial charge in [-0.15, -0.1) is 0 Å². The van der Waals surface area contributed by atoms with Crippen molar-refractivity contribution in [1.29, 1.82) is 0 Å². The Labute approximate surface area is 177 Å². The normalized spacial score (nSPS) is 21.0. The monoisotopic (exact) mass is 420 g/mol. The number of amides is 1. The van der Waals surface area contributed by atoms with E-state index in [0.717, 1.165) is 16.9 Å². The van der Waals surface area contributed by atoms with E-state index < -0.39 is 11.6 Å². The molecule has 1 aliphatic heterocycles. The number of H-pyrrole nitrogens is 1. The summed E-state index contributed by atoms with van der Waals surface area (Å²) in [4.78, 5) is 19.5. The zero-order valence-corrected chi connectivity index (χ0v) is 16.6. The first-order chi connectivity index (χ1) is 15.1. The van der Waals surface area contributed by atoms with Gasteiger partial charge in [-0.2, -0.15) is 5.10 Å². The number of aliphatic hydroxyl groups excluding tert-OH is 1. The van der Waals surface area contributed by atoms with Gasteiger partial charge in [0.05, 0.1) is 23.7 Å². The highest BCUT2D eigenvalue weighted by atomic mass is 19.1. The molecule has 0 radical (unpaired) electrons. The van der Waals surface area contributed by atoms with Crippen molar-refractivity contribution in [2.75, 3.05) is 18.1 Å². The number of hydrogen-bond donors (Lipinski definition) is 3. The van der Waals surface area contributed by atoms with Crippen LogP contribution in [-0.2, 0) is 0 Å². The van der Waals surface area contributed by atoms with Crippen molar-refractivity contribution in [3.05, 3.63) is 84.3 Å². The predicted molar refractivity (Wildman–Crippen MR) is 112 cm³/mol. The number of nitrogens with one attached hydrogen (secondary N) is 2. The molecule has 1 aromatic carbocycles. The van der Waals surface area contributed by atoms with Crippen LogP contribution in [0.4, 0.5) is 10.2 Å². The van der Waals surface area contributed by atoms with Gasteiger partial charge in [0.1, 0.15) is 11.5 Å². The molecule has 3 aromatic heterocycles. The molecule has 4 heterocycles. The third-order valence-electron chi connectivity index (χ3n) is 5.91. The number of aromatic amines is 1. The first-order valence-corrected chi connectivity index (χ1v) is 9.98. The van der Waals surface area contributed by atoms with Crippen molar-refractivity contribution in [3.63, 3.8) is 0 Å². The van der Waals surface area contributed by atoms with Crippen LogP contribution in [0, 0.1) is 5.82 Å². The summed E-state index contributed by atoms with van der Waals surface area (Å²) in [6, 6.07) is 11.1. The Kier molecular flexibility index (Phi) is 4.67. The lowest BCUT2D eigenvalue weighted by atomic mass is 9.85. The minimum absolute atomic E-state index is 0.296. The number of carbonyl (C=O) groups excluding carboxylic acids is 1. The van der Waals surface area contributed by atoms with Crippen molar-refractivity contribution in [3.8, 4) is 0 Å². The molecule has 1 aliphatic rings. The first-order valence-electron chi connectivity index (χ1n) is 9.98. The maximum atomic E-state index is 13.7. The Balaban J connectivity index is 1.61. The van der Waals surface area contributed by atoms with Crippen LogP contribution in [0.15, 0.2) is 67.3 Å². The number of benzene rings is 1. The van der Waals surface area contributed by atoms with Crippen LogP contribution in [0.5, 0.6) is 0 Å². The summed E-state index contributed by atoms with van der Waals surface area (Å²) in [6.45, 7) is 0.249. The van der Waals surface area contributed by atoms with Crippen LogP contribution in [0.1, 0.15) is 28.5 Å². The van der Waals surface area contributed by atoms with Gasteiger partial charge in [0.15, 0.2) is 5.82 Å². The fourth-order valence-electron chi connectivity index (χ4n) is 4.44. The van der Waals surface area contributed by atoms with Gasteiger partial charge in [0.2, 0.25) is 0 Å². The molecule has 3 N–H and O–H groups in total. The number of hydrogen-bond acceptors (Lipinski definition) is 5. The summed E-state index contributed by atoms with van der Waals surface area (Å²) in [5.74, 6) is 0.0125. The molecule has 0 bridgehead atoms. The van der Waals surface area contributed by atoms with E-state index in [9.17, 15) is 14.3 Å². The van der Waals surface area contributed by atoms with Crippen LogP contribution >= 0.6 is 0 Å². The highest BCUT2D eigenvalue weighted by Gasteiger charge is 2.50. The number of anilines is 1. The van der Waals surface area contributed by atoms with Gasteiger partial charge >= 0.3 is 0 Å². The quantitative estimate of drug-likeness (QED) is 0.460. The van der Waals surface area contributed by atoms with E-state index in [2.05, 4.69) is 25.4 Å². The van der Waals surface area contributed by atoms with Gasteiger partial charge in [-0.3, -0.25) is 9.89 Å². The minimum atomic E-state index is -0.999. The van der Waals surface area contributed by atoms with Crippen LogP contribution in [-0.4, -0.2) is 49.3 Å². The number of carbonyl (C=O) groups is 1. The Hall–Kier alpha value is -3.72. The molecule has 31 heavy (non-hydrogen) atoms. The molecule has 8 nitrogen and oxygen atoms in total. The van der Waals surface area contributed by atoms with E-state index in [1.54, 1.807) is 24.4 Å². The molecule has 1 unspecified atom stereocenters. The molecule has 0 saturated carbocycles. The molecule has 9 heteroatoms. The van der Waals surface area contributed by atoms with Crippen LogP contribution in [0.25, 0.3) is 5.52 Å². The molecule has 158 valence electrons. The first kappa shape index (κ1) is 19.3. The molecule has 1 saturated heterocycles. The topological polar surface area (TPSA) is 98.6 Å². The zero-order chi connectivity index (χ0) is 21.4. The third kappa shape index (κ3) is 3.23. The highest BCUT2D eigenvalue weighted by Crippen LogP contribution is 2.43. The minimum Gasteiger partial charge on any atom is -0.394 e. The second-order valence-corrected chi connectivity index (χ2v) is 7.69. The molecule has 1 amide bonds. The van der Waals surface area contributed by atoms with E-state index in [-0.39, 0.29) is 18.3 Å². The molecule has 2 atom stereocenters. The van der Waals surface area contributed by atoms with Gasteiger partial charge in [-0.05, 0) is 42.3 Å². The number of aromatic nitrogens is 4. The van der Waals surface area contributed by atoms with Crippen LogP contribution < -0.4 is 10.2 Å². The summed E-state index contributed by atoms with van der Waals surface area (Å²) < 4.78 is 15.6.